The molecule has 0 amide bonds. The average molecular weight is 215 g/mol. The number of hydrogen-bond acceptors (Lipinski definition) is 2. The SMILES string of the molecule is CC(=N[C@@H](C)c1ccc(C)cc1C)NC#N. The van der Waals surface area contributed by atoms with Crippen molar-refractivity contribution in [2.75, 3.05) is 0 Å². The van der Waals surface area contributed by atoms with Crippen molar-refractivity contribution in [2.24, 2.45) is 4.99 Å². The van der Waals surface area contributed by atoms with Crippen LogP contribution in [0.3, 0.4) is 0 Å². The fourth-order valence-electron chi connectivity index (χ4n) is 1.77. The van der Waals surface area contributed by atoms with Crippen LogP contribution in [0.1, 0.15) is 36.6 Å². The molecule has 16 heavy (non-hydrogen) atoms. The number of rotatable bonds is 2. The highest BCUT2D eigenvalue weighted by molar-refractivity contribution is 5.81. The van der Waals surface area contributed by atoms with Gasteiger partial charge in [-0.3, -0.25) is 10.3 Å². The van der Waals surface area contributed by atoms with E-state index in [0.717, 1.165) is 0 Å². The summed E-state index contributed by atoms with van der Waals surface area (Å²) in [5.41, 5.74) is 3.69. The minimum absolute atomic E-state index is 0.0708. The summed E-state index contributed by atoms with van der Waals surface area (Å²) >= 11 is 0. The minimum Gasteiger partial charge on any atom is -0.281 e. The molecule has 0 aliphatic heterocycles. The van der Waals surface area contributed by atoms with Gasteiger partial charge in [0, 0.05) is 0 Å². The lowest BCUT2D eigenvalue weighted by atomic mass is 10.0. The summed E-state index contributed by atoms with van der Waals surface area (Å²) in [6.07, 6.45) is 1.87. The van der Waals surface area contributed by atoms with Crippen LogP contribution < -0.4 is 5.32 Å². The lowest BCUT2D eigenvalue weighted by molar-refractivity contribution is 0.804. The molecule has 0 fully saturated rings. The van der Waals surface area contributed by atoms with Crippen molar-refractivity contribution in [3.8, 4) is 6.19 Å². The molecule has 0 unspecified atom stereocenters. The van der Waals surface area contributed by atoms with Crippen LogP contribution in [0.15, 0.2) is 23.2 Å². The normalized spacial score (nSPS) is 13.1. The second kappa shape index (κ2) is 5.32. The van der Waals surface area contributed by atoms with Crippen molar-refractivity contribution in [3.05, 3.63) is 34.9 Å². The van der Waals surface area contributed by atoms with Gasteiger partial charge in [0.1, 0.15) is 5.84 Å². The molecule has 3 nitrogen and oxygen atoms in total. The van der Waals surface area contributed by atoms with E-state index < -0.39 is 0 Å². The summed E-state index contributed by atoms with van der Waals surface area (Å²) in [6, 6.07) is 6.40. The van der Waals surface area contributed by atoms with Crippen LogP contribution in [-0.4, -0.2) is 5.84 Å². The largest absolute Gasteiger partial charge is 0.281 e. The second-order valence-corrected chi connectivity index (χ2v) is 3.99. The molecule has 3 heteroatoms. The van der Waals surface area contributed by atoms with E-state index in [-0.39, 0.29) is 6.04 Å². The molecule has 0 saturated carbocycles. The quantitative estimate of drug-likeness (QED) is 0.357. The van der Waals surface area contributed by atoms with Gasteiger partial charge in [-0.05, 0) is 38.8 Å². The number of amidine groups is 1. The third kappa shape index (κ3) is 3.09. The van der Waals surface area contributed by atoms with Crippen molar-refractivity contribution in [1.29, 1.82) is 5.26 Å². The first kappa shape index (κ1) is 12.3. The molecule has 1 aromatic rings. The summed E-state index contributed by atoms with van der Waals surface area (Å²) in [5.74, 6) is 0.648. The summed E-state index contributed by atoms with van der Waals surface area (Å²) in [5, 5.41) is 11.0. The Labute approximate surface area is 96.8 Å². The van der Waals surface area contributed by atoms with Crippen molar-refractivity contribution in [2.45, 2.75) is 33.7 Å². The number of aliphatic imine (C=N–C) groups is 1. The number of nitrogens with one attached hydrogen (secondary N) is 1. The van der Waals surface area contributed by atoms with Gasteiger partial charge in [-0.15, -0.1) is 0 Å². The summed E-state index contributed by atoms with van der Waals surface area (Å²) < 4.78 is 0. The first-order chi connectivity index (χ1) is 7.54. The van der Waals surface area contributed by atoms with Crippen molar-refractivity contribution >= 4 is 5.84 Å². The molecule has 0 saturated heterocycles. The molecule has 0 heterocycles. The van der Waals surface area contributed by atoms with Gasteiger partial charge in [0.25, 0.3) is 0 Å². The molecule has 0 bridgehead atoms. The predicted molar refractivity (Wildman–Crippen MR) is 66.2 cm³/mol. The molecular weight excluding hydrogens is 198 g/mol. The molecule has 1 rings (SSSR count). The Morgan fingerprint density at radius 3 is 2.69 bits per heavy atom. The highest BCUT2D eigenvalue weighted by Gasteiger charge is 2.07. The van der Waals surface area contributed by atoms with Crippen LogP contribution in [-0.2, 0) is 0 Å². The molecule has 84 valence electrons. The monoisotopic (exact) mass is 215 g/mol. The highest BCUT2D eigenvalue weighted by atomic mass is 15.0. The molecule has 1 N–H and O–H groups in total. The predicted octanol–water partition coefficient (Wildman–Crippen LogP) is 2.85. The first-order valence-electron chi connectivity index (χ1n) is 5.31. The maximum absolute atomic E-state index is 8.47. The van der Waals surface area contributed by atoms with Crippen LogP contribution in [0.4, 0.5) is 0 Å². The van der Waals surface area contributed by atoms with Gasteiger partial charge < -0.3 is 0 Å². The topological polar surface area (TPSA) is 48.2 Å². The van der Waals surface area contributed by atoms with Gasteiger partial charge in [0.2, 0.25) is 0 Å². The van der Waals surface area contributed by atoms with E-state index >= 15 is 0 Å². The van der Waals surface area contributed by atoms with E-state index in [4.69, 9.17) is 5.26 Å². The van der Waals surface area contributed by atoms with Crippen molar-refractivity contribution in [1.82, 2.24) is 5.32 Å². The third-order valence-corrected chi connectivity index (χ3v) is 2.50. The molecule has 1 aromatic carbocycles. The summed E-state index contributed by atoms with van der Waals surface area (Å²) in [4.78, 5) is 4.41. The Bertz CT molecular complexity index is 441. The van der Waals surface area contributed by atoms with E-state index in [2.05, 4.69) is 42.4 Å². The van der Waals surface area contributed by atoms with Crippen LogP contribution in [0.2, 0.25) is 0 Å². The van der Waals surface area contributed by atoms with Gasteiger partial charge in [-0.1, -0.05) is 23.8 Å². The Morgan fingerprint density at radius 2 is 2.12 bits per heavy atom. The third-order valence-electron chi connectivity index (χ3n) is 2.50. The Balaban J connectivity index is 2.93. The van der Waals surface area contributed by atoms with E-state index in [1.54, 1.807) is 6.92 Å². The highest BCUT2D eigenvalue weighted by Crippen LogP contribution is 2.21. The molecule has 0 aliphatic rings. The Morgan fingerprint density at radius 1 is 1.44 bits per heavy atom. The van der Waals surface area contributed by atoms with Gasteiger partial charge >= 0.3 is 0 Å². The lowest BCUT2D eigenvalue weighted by Gasteiger charge is -2.12. The van der Waals surface area contributed by atoms with Crippen molar-refractivity contribution in [3.63, 3.8) is 0 Å². The smallest absolute Gasteiger partial charge is 0.182 e. The summed E-state index contributed by atoms with van der Waals surface area (Å²) in [7, 11) is 0. The van der Waals surface area contributed by atoms with Crippen LogP contribution >= 0.6 is 0 Å². The van der Waals surface area contributed by atoms with Gasteiger partial charge in [-0.25, -0.2) is 0 Å². The van der Waals surface area contributed by atoms with E-state index in [9.17, 15) is 0 Å². The molecule has 1 atom stereocenters. The van der Waals surface area contributed by atoms with Crippen molar-refractivity contribution < 1.29 is 0 Å². The zero-order valence-corrected chi connectivity index (χ0v) is 10.2. The maximum atomic E-state index is 8.47. The number of nitrogens with zero attached hydrogens (tertiary/aromatic N) is 2. The van der Waals surface area contributed by atoms with Crippen LogP contribution in [0, 0.1) is 25.3 Å². The molecular formula is C13H17N3. The second-order valence-electron chi connectivity index (χ2n) is 3.99. The maximum Gasteiger partial charge on any atom is 0.182 e. The fourth-order valence-corrected chi connectivity index (χ4v) is 1.77. The Hall–Kier alpha value is -1.82. The molecule has 0 aliphatic carbocycles. The number of hydrogen-bond donors (Lipinski definition) is 1. The molecule has 0 aromatic heterocycles. The molecule has 0 spiro atoms. The van der Waals surface area contributed by atoms with E-state index in [1.807, 2.05) is 13.1 Å². The number of nitriles is 1. The van der Waals surface area contributed by atoms with E-state index in [1.165, 1.54) is 16.7 Å². The van der Waals surface area contributed by atoms with Gasteiger partial charge in [0.15, 0.2) is 6.19 Å². The standard InChI is InChI=1S/C13H17N3/c1-9-5-6-13(10(2)7-9)11(3)16-12(4)15-8-14/h5-7,11H,1-4H3,(H,15,16)/t11-/m0/s1. The van der Waals surface area contributed by atoms with E-state index in [0.29, 0.717) is 5.84 Å². The zero-order valence-electron chi connectivity index (χ0n) is 10.2. The average Bonchev–Trinajstić information content (AvgIpc) is 2.17. The van der Waals surface area contributed by atoms with Crippen LogP contribution in [0.5, 0.6) is 0 Å². The summed E-state index contributed by atoms with van der Waals surface area (Å²) in [6.45, 7) is 7.98. The number of aryl methyl sites for hydroxylation is 2. The van der Waals surface area contributed by atoms with Gasteiger partial charge in [-0.2, -0.15) is 5.26 Å². The van der Waals surface area contributed by atoms with Gasteiger partial charge in [0.05, 0.1) is 6.04 Å². The number of benzene rings is 1. The Kier molecular flexibility index (Phi) is 4.07. The fraction of sp³-hybridized carbons (Fsp3) is 0.385. The minimum atomic E-state index is 0.0708. The zero-order chi connectivity index (χ0) is 12.1. The van der Waals surface area contributed by atoms with Crippen LogP contribution in [0.25, 0.3) is 0 Å². The first-order valence-corrected chi connectivity index (χ1v) is 5.31. The molecule has 0 radical (unpaired) electrons. The lowest BCUT2D eigenvalue weighted by Crippen LogP contribution is -2.14.